The Balaban J connectivity index is 2.30. The average Bonchev–Trinajstić information content (AvgIpc) is 2.74. The number of benzene rings is 1. The molecule has 1 unspecified atom stereocenters. The SMILES string of the molecule is Cn1ccc(C(O)c2ccc(S(C)(=O)=O)cc2)n1. The van der Waals surface area contributed by atoms with E-state index in [1.165, 1.54) is 12.1 Å². The number of hydrogen-bond donors (Lipinski definition) is 1. The van der Waals surface area contributed by atoms with Gasteiger partial charge in [-0.1, -0.05) is 12.1 Å². The summed E-state index contributed by atoms with van der Waals surface area (Å²) in [7, 11) is -1.44. The molecule has 2 aromatic rings. The first kappa shape index (κ1) is 12.8. The van der Waals surface area contributed by atoms with Gasteiger partial charge in [0.2, 0.25) is 0 Å². The van der Waals surface area contributed by atoms with Gasteiger partial charge in [0.05, 0.1) is 10.6 Å². The highest BCUT2D eigenvalue weighted by Crippen LogP contribution is 2.21. The van der Waals surface area contributed by atoms with Crippen LogP contribution in [-0.2, 0) is 16.9 Å². The van der Waals surface area contributed by atoms with E-state index in [0.717, 1.165) is 6.26 Å². The maximum Gasteiger partial charge on any atom is 0.175 e. The standard InChI is InChI=1S/C12H14N2O3S/c1-14-8-7-11(13-14)12(15)9-3-5-10(6-4-9)18(2,16)17/h3-8,12,15H,1-2H3. The van der Waals surface area contributed by atoms with Gasteiger partial charge in [0.25, 0.3) is 0 Å². The van der Waals surface area contributed by atoms with Gasteiger partial charge in [0.15, 0.2) is 9.84 Å². The third-order valence-corrected chi connectivity index (χ3v) is 3.77. The quantitative estimate of drug-likeness (QED) is 0.896. The Bertz CT molecular complexity index is 644. The molecular weight excluding hydrogens is 252 g/mol. The fourth-order valence-corrected chi connectivity index (χ4v) is 2.28. The van der Waals surface area contributed by atoms with Crippen molar-refractivity contribution in [3.05, 3.63) is 47.8 Å². The van der Waals surface area contributed by atoms with E-state index in [9.17, 15) is 13.5 Å². The van der Waals surface area contributed by atoms with Gasteiger partial charge in [-0.25, -0.2) is 8.42 Å². The highest BCUT2D eigenvalue weighted by atomic mass is 32.2. The van der Waals surface area contributed by atoms with Crippen LogP contribution in [0.25, 0.3) is 0 Å². The summed E-state index contributed by atoms with van der Waals surface area (Å²) in [6.07, 6.45) is 2.04. The Morgan fingerprint density at radius 3 is 2.28 bits per heavy atom. The monoisotopic (exact) mass is 266 g/mol. The number of sulfone groups is 1. The molecule has 1 N–H and O–H groups in total. The molecule has 0 aliphatic rings. The fraction of sp³-hybridized carbons (Fsp3) is 0.250. The predicted octanol–water partition coefficient (Wildman–Crippen LogP) is 0.905. The molecule has 1 aromatic carbocycles. The Hall–Kier alpha value is -1.66. The molecule has 18 heavy (non-hydrogen) atoms. The molecule has 0 saturated heterocycles. The van der Waals surface area contributed by atoms with Gasteiger partial charge in [-0.15, -0.1) is 0 Å². The molecule has 0 radical (unpaired) electrons. The molecule has 0 bridgehead atoms. The van der Waals surface area contributed by atoms with Crippen LogP contribution in [0.5, 0.6) is 0 Å². The van der Waals surface area contributed by atoms with Crippen LogP contribution in [0.4, 0.5) is 0 Å². The number of aryl methyl sites for hydroxylation is 1. The van der Waals surface area contributed by atoms with E-state index in [0.29, 0.717) is 11.3 Å². The minimum absolute atomic E-state index is 0.236. The zero-order valence-corrected chi connectivity index (χ0v) is 10.9. The first-order valence-corrected chi connectivity index (χ1v) is 7.25. The minimum atomic E-state index is -3.21. The summed E-state index contributed by atoms with van der Waals surface area (Å²) >= 11 is 0. The largest absolute Gasteiger partial charge is 0.382 e. The summed E-state index contributed by atoms with van der Waals surface area (Å²) in [6.45, 7) is 0. The van der Waals surface area contributed by atoms with Crippen molar-refractivity contribution in [1.29, 1.82) is 0 Å². The zero-order chi connectivity index (χ0) is 13.3. The summed E-state index contributed by atoms with van der Waals surface area (Å²) in [5.74, 6) is 0. The Morgan fingerprint density at radius 1 is 1.22 bits per heavy atom. The van der Waals surface area contributed by atoms with Crippen LogP contribution in [0.3, 0.4) is 0 Å². The van der Waals surface area contributed by atoms with E-state index in [4.69, 9.17) is 0 Å². The van der Waals surface area contributed by atoms with E-state index in [-0.39, 0.29) is 4.90 Å². The molecule has 0 amide bonds. The molecule has 0 spiro atoms. The van der Waals surface area contributed by atoms with Crippen LogP contribution in [0.15, 0.2) is 41.4 Å². The van der Waals surface area contributed by atoms with Crippen molar-refractivity contribution in [2.45, 2.75) is 11.0 Å². The molecule has 6 heteroatoms. The van der Waals surface area contributed by atoms with Crippen molar-refractivity contribution in [3.63, 3.8) is 0 Å². The number of rotatable bonds is 3. The second-order valence-electron chi connectivity index (χ2n) is 4.16. The molecule has 0 aliphatic carbocycles. The zero-order valence-electron chi connectivity index (χ0n) is 10.1. The lowest BCUT2D eigenvalue weighted by Crippen LogP contribution is -2.03. The third kappa shape index (κ3) is 2.60. The van der Waals surface area contributed by atoms with E-state index in [1.54, 1.807) is 36.1 Å². The van der Waals surface area contributed by atoms with Gasteiger partial charge in [-0.3, -0.25) is 4.68 Å². The number of aliphatic hydroxyl groups excluding tert-OH is 1. The first-order chi connectivity index (χ1) is 8.38. The summed E-state index contributed by atoms with van der Waals surface area (Å²) < 4.78 is 24.2. The maximum absolute atomic E-state index is 11.3. The van der Waals surface area contributed by atoms with E-state index >= 15 is 0 Å². The van der Waals surface area contributed by atoms with Gasteiger partial charge in [0.1, 0.15) is 6.10 Å². The number of nitrogens with zero attached hydrogens (tertiary/aromatic N) is 2. The molecule has 2 rings (SSSR count). The minimum Gasteiger partial charge on any atom is -0.382 e. The molecule has 0 saturated carbocycles. The topological polar surface area (TPSA) is 72.2 Å². The van der Waals surface area contributed by atoms with Crippen molar-refractivity contribution in [2.24, 2.45) is 7.05 Å². The average molecular weight is 266 g/mol. The first-order valence-electron chi connectivity index (χ1n) is 5.35. The number of aromatic nitrogens is 2. The molecule has 0 aliphatic heterocycles. The lowest BCUT2D eigenvalue weighted by molar-refractivity contribution is 0.214. The van der Waals surface area contributed by atoms with E-state index in [2.05, 4.69) is 5.10 Å². The molecule has 0 fully saturated rings. The van der Waals surface area contributed by atoms with Gasteiger partial charge < -0.3 is 5.11 Å². The van der Waals surface area contributed by atoms with Crippen LogP contribution in [0.2, 0.25) is 0 Å². The van der Waals surface area contributed by atoms with Crippen LogP contribution < -0.4 is 0 Å². The Morgan fingerprint density at radius 2 is 1.83 bits per heavy atom. The molecule has 5 nitrogen and oxygen atoms in total. The summed E-state index contributed by atoms with van der Waals surface area (Å²) in [5, 5.41) is 14.2. The van der Waals surface area contributed by atoms with Crippen molar-refractivity contribution in [3.8, 4) is 0 Å². The van der Waals surface area contributed by atoms with Crippen LogP contribution in [-0.4, -0.2) is 29.6 Å². The van der Waals surface area contributed by atoms with Crippen molar-refractivity contribution >= 4 is 9.84 Å². The number of aliphatic hydroxyl groups is 1. The van der Waals surface area contributed by atoms with Gasteiger partial charge in [0, 0.05) is 19.5 Å². The molecular formula is C12H14N2O3S. The van der Waals surface area contributed by atoms with E-state index < -0.39 is 15.9 Å². The lowest BCUT2D eigenvalue weighted by atomic mass is 10.1. The molecule has 96 valence electrons. The van der Waals surface area contributed by atoms with Crippen LogP contribution in [0.1, 0.15) is 17.4 Å². The van der Waals surface area contributed by atoms with E-state index in [1.807, 2.05) is 0 Å². The van der Waals surface area contributed by atoms with Crippen LogP contribution in [0, 0.1) is 0 Å². The second kappa shape index (κ2) is 4.55. The molecule has 1 heterocycles. The summed E-state index contributed by atoms with van der Waals surface area (Å²) in [6, 6.07) is 7.87. The molecule has 1 aromatic heterocycles. The summed E-state index contributed by atoms with van der Waals surface area (Å²) in [5.41, 5.74) is 1.14. The summed E-state index contributed by atoms with van der Waals surface area (Å²) in [4.78, 5) is 0.236. The second-order valence-corrected chi connectivity index (χ2v) is 6.17. The van der Waals surface area contributed by atoms with Gasteiger partial charge in [-0.2, -0.15) is 5.10 Å². The molecule has 1 atom stereocenters. The highest BCUT2D eigenvalue weighted by Gasteiger charge is 2.14. The van der Waals surface area contributed by atoms with Crippen molar-refractivity contribution < 1.29 is 13.5 Å². The maximum atomic E-state index is 11.3. The Labute approximate surface area is 106 Å². The van der Waals surface area contributed by atoms with Crippen molar-refractivity contribution in [2.75, 3.05) is 6.26 Å². The fourth-order valence-electron chi connectivity index (χ4n) is 1.65. The predicted molar refractivity (Wildman–Crippen MR) is 66.8 cm³/mol. The Kier molecular flexibility index (Phi) is 3.23. The van der Waals surface area contributed by atoms with Crippen molar-refractivity contribution in [1.82, 2.24) is 9.78 Å². The van der Waals surface area contributed by atoms with Gasteiger partial charge >= 0.3 is 0 Å². The van der Waals surface area contributed by atoms with Gasteiger partial charge in [-0.05, 0) is 23.8 Å². The normalized spacial score (nSPS) is 13.5. The van der Waals surface area contributed by atoms with Crippen LogP contribution >= 0.6 is 0 Å². The third-order valence-electron chi connectivity index (χ3n) is 2.64. The number of hydrogen-bond acceptors (Lipinski definition) is 4. The smallest absolute Gasteiger partial charge is 0.175 e. The highest BCUT2D eigenvalue weighted by molar-refractivity contribution is 7.90. The lowest BCUT2D eigenvalue weighted by Gasteiger charge is -2.08.